The average Bonchev–Trinajstić information content (AvgIpc) is 2.63. The van der Waals surface area contributed by atoms with E-state index >= 15 is 0 Å². The van der Waals surface area contributed by atoms with Crippen LogP contribution in [-0.2, 0) is 17.1 Å². The summed E-state index contributed by atoms with van der Waals surface area (Å²) in [6, 6.07) is 0. The Balaban J connectivity index is -0.0000000440. The van der Waals surface area contributed by atoms with Gasteiger partial charge in [0.15, 0.2) is 0 Å². The van der Waals surface area contributed by atoms with Gasteiger partial charge in [-0.3, -0.25) is 0 Å². The molecule has 7 nitrogen and oxygen atoms in total. The first kappa shape index (κ1) is 36.4. The summed E-state index contributed by atoms with van der Waals surface area (Å²) in [6.45, 7) is 25.5. The molecule has 0 aromatic carbocycles. The van der Waals surface area contributed by atoms with Crippen LogP contribution >= 0.6 is 0 Å². The fourth-order valence-electron chi connectivity index (χ4n) is 1.83. The zero-order valence-corrected chi connectivity index (χ0v) is 12.7. The second-order valence-electron chi connectivity index (χ2n) is 3.37. The van der Waals surface area contributed by atoms with Crippen LogP contribution in [0.3, 0.4) is 0 Å². The first-order valence-corrected chi connectivity index (χ1v) is 5.38. The summed E-state index contributed by atoms with van der Waals surface area (Å²) in [7, 11) is 0. The van der Waals surface area contributed by atoms with Crippen LogP contribution in [0.25, 0.3) is 0 Å². The summed E-state index contributed by atoms with van der Waals surface area (Å²) in [5.41, 5.74) is 11.2. The van der Waals surface area contributed by atoms with Crippen LogP contribution in [0.2, 0.25) is 0 Å². The maximum atomic E-state index is 6.25. The van der Waals surface area contributed by atoms with Crippen molar-refractivity contribution in [1.82, 2.24) is 0 Å². The van der Waals surface area contributed by atoms with Gasteiger partial charge in [-0.2, -0.15) is 0 Å². The van der Waals surface area contributed by atoms with E-state index in [0.717, 1.165) is 24.9 Å². The minimum absolute atomic E-state index is 0. The van der Waals surface area contributed by atoms with E-state index in [0.29, 0.717) is 0 Å². The zero-order valence-electron chi connectivity index (χ0n) is 11.6. The normalized spacial score (nSPS) is 16.8. The van der Waals surface area contributed by atoms with Gasteiger partial charge in [0.1, 0.15) is 0 Å². The largest absolute Gasteiger partial charge is 5.00 e. The van der Waals surface area contributed by atoms with Crippen molar-refractivity contribution in [2.45, 2.75) is 25.7 Å². The average molecular weight is 328 g/mol. The molecule has 1 aliphatic carbocycles. The third-order valence-corrected chi connectivity index (χ3v) is 2.56. The van der Waals surface area contributed by atoms with Crippen LogP contribution < -0.4 is 11.5 Å². The first-order chi connectivity index (χ1) is 9.86. The van der Waals surface area contributed by atoms with Crippen LogP contribution in [0, 0.1) is 71.0 Å². The van der Waals surface area contributed by atoms with Gasteiger partial charge in [-0.15, -0.1) is 0 Å². The Morgan fingerprint density at radius 1 is 0.667 bits per heavy atom. The quantitative estimate of drug-likeness (QED) is 0.565. The molecule has 0 amide bonds. The van der Waals surface area contributed by atoms with E-state index in [1.165, 1.54) is 25.7 Å². The molecule has 1 rings (SSSR count). The van der Waals surface area contributed by atoms with Crippen molar-refractivity contribution in [3.8, 4) is 0 Å². The summed E-state index contributed by atoms with van der Waals surface area (Å²) in [6.07, 6.45) is 5.26. The van der Waals surface area contributed by atoms with Crippen molar-refractivity contribution >= 4 is 0 Å². The molecule has 2 atom stereocenters. The van der Waals surface area contributed by atoms with E-state index in [9.17, 15) is 0 Å². The van der Waals surface area contributed by atoms with Crippen LogP contribution in [0.15, 0.2) is 0 Å². The maximum Gasteiger partial charge on any atom is 5.00 e. The molecule has 0 aliphatic heterocycles. The molecule has 0 saturated heterocycles. The van der Waals surface area contributed by atoms with Crippen molar-refractivity contribution < 1.29 is 17.1 Å². The van der Waals surface area contributed by atoms with Gasteiger partial charge in [0, 0.05) is 0 Å². The number of rotatable bonds is 2. The number of nitrogens with two attached hydrogens (primary N) is 2. The molecular formula is C13H18FeN7. The summed E-state index contributed by atoms with van der Waals surface area (Å²) in [4.78, 5) is 0. The fourth-order valence-corrected chi connectivity index (χ4v) is 1.83. The summed E-state index contributed by atoms with van der Waals surface area (Å²) < 4.78 is 0. The molecule has 21 heavy (non-hydrogen) atoms. The summed E-state index contributed by atoms with van der Waals surface area (Å²) >= 11 is 0. The molecular weight excluding hydrogens is 310 g/mol. The standard InChI is InChI=1S/C8H18N2.5CN.Fe/c9-5-7-2-1-3-8(4-7)6-10;5*1-2;/h7-8H,1-6,9-10H2;;;;;;/q;5*-1;+5. The second-order valence-corrected chi connectivity index (χ2v) is 3.37. The van der Waals surface area contributed by atoms with Gasteiger partial charge in [-0.1, -0.05) is 6.42 Å². The molecule has 8 heteroatoms. The van der Waals surface area contributed by atoms with Gasteiger partial charge in [0.25, 0.3) is 0 Å². The Bertz CT molecular complexity index is 213. The first-order valence-electron chi connectivity index (χ1n) is 5.38. The summed E-state index contributed by atoms with van der Waals surface area (Å²) in [5.74, 6) is 1.53. The van der Waals surface area contributed by atoms with Gasteiger partial charge in [-0.25, -0.2) is 0 Å². The minimum Gasteiger partial charge on any atom is -0.512 e. The van der Waals surface area contributed by atoms with Crippen molar-refractivity contribution in [3.05, 3.63) is 32.9 Å². The molecule has 0 heterocycles. The van der Waals surface area contributed by atoms with Crippen molar-refractivity contribution in [2.24, 2.45) is 23.3 Å². The van der Waals surface area contributed by atoms with Crippen LogP contribution in [0.5, 0.6) is 0 Å². The minimum atomic E-state index is 0. The second kappa shape index (κ2) is 52.2. The van der Waals surface area contributed by atoms with Crippen LogP contribution in [-0.4, -0.2) is 13.1 Å². The Hall–Kier alpha value is -2.11. The van der Waals surface area contributed by atoms with E-state index in [1.807, 2.05) is 0 Å². The van der Waals surface area contributed by atoms with E-state index in [4.69, 9.17) is 70.6 Å². The Morgan fingerprint density at radius 2 is 0.905 bits per heavy atom. The molecule has 1 fully saturated rings. The monoisotopic (exact) mass is 328 g/mol. The third-order valence-electron chi connectivity index (χ3n) is 2.56. The SMILES string of the molecule is NCC1CCCC(CN)C1.[C-]#N.[C-]#N.[C-]#N.[C-]#N.[C-]#N.[Fe+5]. The Kier molecular flexibility index (Phi) is 90.4. The Labute approximate surface area is 138 Å². The van der Waals surface area contributed by atoms with Gasteiger partial charge >= 0.3 is 17.1 Å². The van der Waals surface area contributed by atoms with E-state index in [1.54, 1.807) is 0 Å². The molecule has 113 valence electrons. The number of hydrogen-bond donors (Lipinski definition) is 2. The fraction of sp³-hybridized carbons (Fsp3) is 0.615. The van der Waals surface area contributed by atoms with Crippen LogP contribution in [0.1, 0.15) is 25.7 Å². The van der Waals surface area contributed by atoms with Gasteiger partial charge in [0.05, 0.1) is 0 Å². The predicted octanol–water partition coefficient (Wildman–Crippen LogP) is 1.19. The predicted molar refractivity (Wildman–Crippen MR) is 68.4 cm³/mol. The van der Waals surface area contributed by atoms with E-state index in [-0.39, 0.29) is 17.1 Å². The van der Waals surface area contributed by atoms with Gasteiger partial charge in [0.2, 0.25) is 0 Å². The third kappa shape index (κ3) is 32.0. The molecule has 1 radical (unpaired) electrons. The van der Waals surface area contributed by atoms with Gasteiger partial charge in [-0.05, 0) is 44.2 Å². The molecule has 0 aromatic heterocycles. The molecule has 2 unspecified atom stereocenters. The van der Waals surface area contributed by atoms with E-state index < -0.39 is 0 Å². The molecule has 0 bridgehead atoms. The van der Waals surface area contributed by atoms with Gasteiger partial charge < -0.3 is 70.6 Å². The topological polar surface area (TPSA) is 171 Å². The van der Waals surface area contributed by atoms with Crippen LogP contribution in [0.4, 0.5) is 0 Å². The maximum absolute atomic E-state index is 6.25. The molecule has 1 saturated carbocycles. The Morgan fingerprint density at radius 3 is 1.10 bits per heavy atom. The molecule has 0 spiro atoms. The number of hydrogen-bond acceptors (Lipinski definition) is 7. The van der Waals surface area contributed by atoms with E-state index in [2.05, 4.69) is 0 Å². The molecule has 4 N–H and O–H groups in total. The number of nitrogens with zero attached hydrogens (tertiary/aromatic N) is 5. The van der Waals surface area contributed by atoms with Crippen molar-refractivity contribution in [1.29, 1.82) is 26.3 Å². The van der Waals surface area contributed by atoms with Crippen molar-refractivity contribution in [2.75, 3.05) is 13.1 Å². The zero-order chi connectivity index (χ0) is 17.4. The molecule has 1 aliphatic rings. The molecule has 0 aromatic rings. The van der Waals surface area contributed by atoms with Crippen molar-refractivity contribution in [3.63, 3.8) is 0 Å². The summed E-state index contributed by atoms with van der Waals surface area (Å²) in [5, 5.41) is 31.2. The smallest absolute Gasteiger partial charge is 0.512 e.